The number of hydrogen-bond acceptors (Lipinski definition) is 0. The lowest BCUT2D eigenvalue weighted by molar-refractivity contribution is 0.769. The first-order valence-electron chi connectivity index (χ1n) is 18.4. The first-order valence-corrected chi connectivity index (χ1v) is 18.4. The maximum Gasteiger partial charge on any atom is 0.0714 e. The lowest BCUT2D eigenvalue weighted by atomic mass is 9.67. The Kier molecular flexibility index (Phi) is 7.48. The van der Waals surface area contributed by atoms with Crippen LogP contribution in [0.1, 0.15) is 22.3 Å². The van der Waals surface area contributed by atoms with Crippen LogP contribution in [0.5, 0.6) is 0 Å². The Labute approximate surface area is 311 Å². The molecule has 0 amide bonds. The molecule has 0 heterocycles. The number of hydrogen-bond donors (Lipinski definition) is 0. The summed E-state index contributed by atoms with van der Waals surface area (Å²) in [7, 11) is 0. The second-order valence-corrected chi connectivity index (χ2v) is 14.0. The van der Waals surface area contributed by atoms with Crippen LogP contribution in [-0.4, -0.2) is 0 Å². The normalized spacial score (nSPS) is 12.7. The maximum atomic E-state index is 2.50. The molecule has 0 radical (unpaired) electrons. The largest absolute Gasteiger partial charge is 0.0714 e. The van der Waals surface area contributed by atoms with E-state index in [9.17, 15) is 0 Å². The summed E-state index contributed by atoms with van der Waals surface area (Å²) in [6, 6.07) is 80.4. The fourth-order valence-electron chi connectivity index (χ4n) is 8.77. The van der Waals surface area contributed by atoms with E-state index in [0.29, 0.717) is 0 Å². The summed E-state index contributed by atoms with van der Waals surface area (Å²) in [4.78, 5) is 0. The van der Waals surface area contributed by atoms with Gasteiger partial charge in [-0.15, -0.1) is 0 Å². The minimum absolute atomic E-state index is 0.546. The maximum absolute atomic E-state index is 2.50. The predicted molar refractivity (Wildman–Crippen MR) is 223 cm³/mol. The Morgan fingerprint density at radius 3 is 1.21 bits per heavy atom. The van der Waals surface area contributed by atoms with Gasteiger partial charge in [0.1, 0.15) is 0 Å². The lowest BCUT2D eigenvalue weighted by Gasteiger charge is -2.34. The third-order valence-corrected chi connectivity index (χ3v) is 11.1. The highest BCUT2D eigenvalue weighted by atomic mass is 14.5. The van der Waals surface area contributed by atoms with Gasteiger partial charge in [-0.2, -0.15) is 0 Å². The SMILES string of the molecule is c1ccc(-c2cc(-c3ccccc3)cc(-c3ccc4c(c3)C(c3ccccc3)(c3ccccc3)c3cc(-c5ccccc5)c5ccccc5c3-4)c2)cc1. The highest BCUT2D eigenvalue weighted by molar-refractivity contribution is 6.10. The van der Waals surface area contributed by atoms with E-state index in [0.717, 1.165) is 0 Å². The van der Waals surface area contributed by atoms with Gasteiger partial charge in [-0.05, 0) is 119 Å². The summed E-state index contributed by atoms with van der Waals surface area (Å²) < 4.78 is 0. The molecule has 0 spiro atoms. The van der Waals surface area contributed by atoms with Crippen LogP contribution in [0.3, 0.4) is 0 Å². The van der Waals surface area contributed by atoms with E-state index in [1.165, 1.54) is 88.7 Å². The molecule has 1 aliphatic rings. The van der Waals surface area contributed by atoms with E-state index < -0.39 is 5.41 Å². The van der Waals surface area contributed by atoms with Crippen molar-refractivity contribution in [2.75, 3.05) is 0 Å². The molecule has 9 aromatic carbocycles. The molecule has 0 nitrogen and oxygen atoms in total. The second kappa shape index (κ2) is 12.8. The van der Waals surface area contributed by atoms with Gasteiger partial charge in [0.05, 0.1) is 5.41 Å². The Morgan fingerprint density at radius 1 is 0.245 bits per heavy atom. The van der Waals surface area contributed by atoms with E-state index in [1.54, 1.807) is 0 Å². The zero-order chi connectivity index (χ0) is 35.2. The zero-order valence-electron chi connectivity index (χ0n) is 29.3. The third kappa shape index (κ3) is 5.06. The van der Waals surface area contributed by atoms with E-state index >= 15 is 0 Å². The van der Waals surface area contributed by atoms with Crippen LogP contribution in [0, 0.1) is 0 Å². The van der Waals surface area contributed by atoms with Crippen LogP contribution in [0.25, 0.3) is 66.4 Å². The summed E-state index contributed by atoms with van der Waals surface area (Å²) in [5.41, 5.74) is 17.0. The molecular formula is C53H36. The second-order valence-electron chi connectivity index (χ2n) is 14.0. The molecule has 10 rings (SSSR count). The van der Waals surface area contributed by atoms with Gasteiger partial charge in [0.2, 0.25) is 0 Å². The number of rotatable bonds is 6. The summed E-state index contributed by atoms with van der Waals surface area (Å²) >= 11 is 0. The van der Waals surface area contributed by atoms with E-state index in [4.69, 9.17) is 0 Å². The van der Waals surface area contributed by atoms with Crippen molar-refractivity contribution >= 4 is 10.8 Å². The van der Waals surface area contributed by atoms with Gasteiger partial charge in [0.15, 0.2) is 0 Å². The average Bonchev–Trinajstić information content (AvgIpc) is 3.55. The molecule has 0 saturated carbocycles. The van der Waals surface area contributed by atoms with Crippen molar-refractivity contribution in [2.24, 2.45) is 0 Å². The molecule has 0 N–H and O–H groups in total. The van der Waals surface area contributed by atoms with Gasteiger partial charge >= 0.3 is 0 Å². The molecule has 248 valence electrons. The Balaban J connectivity index is 1.30. The molecule has 0 fully saturated rings. The van der Waals surface area contributed by atoms with Crippen molar-refractivity contribution in [3.05, 3.63) is 241 Å². The van der Waals surface area contributed by atoms with Gasteiger partial charge in [0.25, 0.3) is 0 Å². The minimum atomic E-state index is -0.546. The fourth-order valence-corrected chi connectivity index (χ4v) is 8.77. The summed E-state index contributed by atoms with van der Waals surface area (Å²) in [5.74, 6) is 0. The zero-order valence-corrected chi connectivity index (χ0v) is 29.3. The fraction of sp³-hybridized carbons (Fsp3) is 0.0189. The summed E-state index contributed by atoms with van der Waals surface area (Å²) in [6.07, 6.45) is 0. The van der Waals surface area contributed by atoms with Crippen LogP contribution >= 0.6 is 0 Å². The summed E-state index contributed by atoms with van der Waals surface area (Å²) in [5, 5.41) is 2.55. The third-order valence-electron chi connectivity index (χ3n) is 11.1. The molecule has 0 heteroatoms. The van der Waals surface area contributed by atoms with Gasteiger partial charge in [-0.3, -0.25) is 0 Å². The average molecular weight is 673 g/mol. The van der Waals surface area contributed by atoms with Crippen LogP contribution in [-0.2, 0) is 5.41 Å². The first-order chi connectivity index (χ1) is 26.3. The van der Waals surface area contributed by atoms with Gasteiger partial charge in [-0.1, -0.05) is 188 Å². The Morgan fingerprint density at radius 2 is 0.679 bits per heavy atom. The number of fused-ring (bicyclic) bond motifs is 5. The molecule has 0 unspecified atom stereocenters. The van der Waals surface area contributed by atoms with E-state index in [-0.39, 0.29) is 0 Å². The first kappa shape index (κ1) is 31.0. The highest BCUT2D eigenvalue weighted by Gasteiger charge is 2.47. The molecule has 0 bridgehead atoms. The molecule has 53 heavy (non-hydrogen) atoms. The van der Waals surface area contributed by atoms with Crippen LogP contribution < -0.4 is 0 Å². The summed E-state index contributed by atoms with van der Waals surface area (Å²) in [6.45, 7) is 0. The quantitative estimate of drug-likeness (QED) is 0.165. The molecule has 0 atom stereocenters. The van der Waals surface area contributed by atoms with Crippen molar-refractivity contribution < 1.29 is 0 Å². The predicted octanol–water partition coefficient (Wildman–Crippen LogP) is 13.9. The van der Waals surface area contributed by atoms with Crippen LogP contribution in [0.2, 0.25) is 0 Å². The smallest absolute Gasteiger partial charge is 0.0622 e. The molecule has 9 aromatic rings. The Bertz CT molecular complexity index is 2630. The van der Waals surface area contributed by atoms with Crippen LogP contribution in [0.4, 0.5) is 0 Å². The molecular weight excluding hydrogens is 637 g/mol. The monoisotopic (exact) mass is 672 g/mol. The van der Waals surface area contributed by atoms with Crippen molar-refractivity contribution in [3.8, 4) is 55.6 Å². The lowest BCUT2D eigenvalue weighted by Crippen LogP contribution is -2.28. The molecule has 0 aromatic heterocycles. The van der Waals surface area contributed by atoms with Crippen molar-refractivity contribution in [1.82, 2.24) is 0 Å². The van der Waals surface area contributed by atoms with Crippen molar-refractivity contribution in [3.63, 3.8) is 0 Å². The minimum Gasteiger partial charge on any atom is -0.0622 e. The molecule has 0 saturated heterocycles. The van der Waals surface area contributed by atoms with Crippen molar-refractivity contribution in [1.29, 1.82) is 0 Å². The molecule has 0 aliphatic heterocycles. The van der Waals surface area contributed by atoms with Gasteiger partial charge < -0.3 is 0 Å². The van der Waals surface area contributed by atoms with Gasteiger partial charge in [-0.25, -0.2) is 0 Å². The number of benzene rings is 9. The van der Waals surface area contributed by atoms with Gasteiger partial charge in [0, 0.05) is 0 Å². The molecule has 1 aliphatic carbocycles. The van der Waals surface area contributed by atoms with Crippen molar-refractivity contribution in [2.45, 2.75) is 5.41 Å². The van der Waals surface area contributed by atoms with E-state index in [2.05, 4.69) is 218 Å². The highest BCUT2D eigenvalue weighted by Crippen LogP contribution is 2.59. The van der Waals surface area contributed by atoms with Crippen LogP contribution in [0.15, 0.2) is 218 Å². The topological polar surface area (TPSA) is 0 Å². The Hall–Kier alpha value is -6.76. The standard InChI is InChI=1S/C53H36/c1-6-18-37(19-7-1)41-32-42(38-20-8-2-9-21-38)34-43(33-41)40-30-31-48-50(35-40)53(44-24-12-4-13-25-44,45-26-14-5-15-27-45)51-36-49(39-22-10-3-11-23-39)46-28-16-17-29-47(46)52(48)51/h1-36H. The van der Waals surface area contributed by atoms with E-state index in [1.807, 2.05) is 0 Å².